The SMILES string of the molecule is C.CC(C)(N)C(=O)N[C@H](COCc1ccccc1)c1nnnn1CCC(=O)NCCc1ccccc1.[3H]F. The number of nitrogens with one attached hydrogen (secondary N) is 2. The van der Waals surface area contributed by atoms with Crippen molar-refractivity contribution in [2.24, 2.45) is 5.73 Å². The van der Waals surface area contributed by atoms with Crippen LogP contribution in [0.1, 0.15) is 50.7 Å². The Kier molecular flexibility index (Phi) is 12.3. The number of carbonyl (C=O) groups excluding carboxylic acids is 2. The molecule has 2 amide bonds. The minimum absolute atomic E-state index is 0. The van der Waals surface area contributed by atoms with Gasteiger partial charge in [-0.1, -0.05) is 68.1 Å². The summed E-state index contributed by atoms with van der Waals surface area (Å²) in [4.78, 5) is 24.9. The van der Waals surface area contributed by atoms with E-state index in [0.717, 1.165) is 17.5 Å². The van der Waals surface area contributed by atoms with Crippen LogP contribution in [0.4, 0.5) is 4.72 Å². The molecule has 11 heteroatoms. The maximum Gasteiger partial charge on any atom is 0.269 e. The Bertz CT molecular complexity index is 1080. The van der Waals surface area contributed by atoms with Crippen LogP contribution in [0, 0.1) is 0 Å². The fraction of sp³-hybridized carbons (Fsp3) is 0.423. The number of aromatic nitrogens is 4. The summed E-state index contributed by atoms with van der Waals surface area (Å²) in [7, 11) is 0. The fourth-order valence-corrected chi connectivity index (χ4v) is 3.30. The van der Waals surface area contributed by atoms with Gasteiger partial charge < -0.3 is 21.1 Å². The van der Waals surface area contributed by atoms with Crippen LogP contribution in [0.5, 0.6) is 0 Å². The summed E-state index contributed by atoms with van der Waals surface area (Å²) in [6, 6.07) is 19.0. The molecule has 1 atom stereocenters. The van der Waals surface area contributed by atoms with Crippen molar-refractivity contribution in [3.8, 4) is 0 Å². The van der Waals surface area contributed by atoms with E-state index in [-0.39, 0.29) is 38.8 Å². The first-order valence-electron chi connectivity index (χ1n) is 12.0. The number of aryl methyl sites for hydroxylation is 1. The lowest BCUT2D eigenvalue weighted by Crippen LogP contribution is -2.51. The summed E-state index contributed by atoms with van der Waals surface area (Å²) >= 11 is 0. The lowest BCUT2D eigenvalue weighted by atomic mass is 10.1. The third-order valence-corrected chi connectivity index (χ3v) is 5.29. The minimum atomic E-state index is -1.09. The number of rotatable bonds is 13. The van der Waals surface area contributed by atoms with E-state index >= 15 is 0 Å². The number of ether oxygens (including phenoxy) is 1. The maximum atomic E-state index is 12.6. The number of nitrogens with two attached hydrogens (primary N) is 1. The zero-order chi connectivity index (χ0) is 27.1. The summed E-state index contributed by atoms with van der Waals surface area (Å²) in [5, 5.41) is 17.6. The molecule has 0 saturated carbocycles. The molecule has 0 radical (unpaired) electrons. The molecule has 2 aromatic carbocycles. The number of benzene rings is 2. The van der Waals surface area contributed by atoms with Crippen LogP contribution in [0.2, 0.25) is 0 Å². The summed E-state index contributed by atoms with van der Waals surface area (Å²) in [6.45, 7) is 4.55. The second-order valence-corrected chi connectivity index (χ2v) is 8.84. The van der Waals surface area contributed by atoms with Crippen LogP contribution in [-0.4, -0.2) is 52.2 Å². The van der Waals surface area contributed by atoms with E-state index in [4.69, 9.17) is 15.2 Å². The van der Waals surface area contributed by atoms with Gasteiger partial charge in [0.15, 0.2) is 5.82 Å². The predicted molar refractivity (Wildman–Crippen MR) is 140 cm³/mol. The highest BCUT2D eigenvalue weighted by Gasteiger charge is 2.28. The molecule has 0 bridgehead atoms. The van der Waals surface area contributed by atoms with Crippen LogP contribution in [0.15, 0.2) is 60.7 Å². The molecule has 10 nitrogen and oxygen atoms in total. The molecule has 0 aliphatic carbocycles. The summed E-state index contributed by atoms with van der Waals surface area (Å²) in [5.74, 6) is -0.0712. The molecular weight excluding hydrogens is 477 g/mol. The second-order valence-electron chi connectivity index (χ2n) is 8.84. The van der Waals surface area contributed by atoms with Gasteiger partial charge in [-0.15, -0.1) is 5.10 Å². The van der Waals surface area contributed by atoms with E-state index in [1.807, 2.05) is 60.7 Å². The molecule has 0 aliphatic heterocycles. The number of halogens is 1. The van der Waals surface area contributed by atoms with E-state index < -0.39 is 11.6 Å². The number of amides is 2. The predicted octanol–water partition coefficient (Wildman–Crippen LogP) is 2.32. The van der Waals surface area contributed by atoms with Gasteiger partial charge in [0, 0.05) is 13.0 Å². The average molecular weight is 518 g/mol. The Balaban J connectivity index is 0.00000235. The normalized spacial score (nSPS) is 11.7. The number of hydrogen-bond donors (Lipinski definition) is 3. The van der Waals surface area contributed by atoms with E-state index in [9.17, 15) is 9.59 Å². The van der Waals surface area contributed by atoms with Crippen molar-refractivity contribution in [2.45, 2.75) is 58.8 Å². The van der Waals surface area contributed by atoms with Gasteiger partial charge in [0.05, 0.1) is 25.3 Å². The Morgan fingerprint density at radius 3 is 2.35 bits per heavy atom. The summed E-state index contributed by atoms with van der Waals surface area (Å²) < 4.78 is 20.4. The van der Waals surface area contributed by atoms with Crippen LogP contribution in [0.3, 0.4) is 0 Å². The highest BCUT2D eigenvalue weighted by molar-refractivity contribution is 5.85. The molecule has 3 rings (SSSR count). The van der Waals surface area contributed by atoms with Crippen LogP contribution in [-0.2, 0) is 33.9 Å². The van der Waals surface area contributed by atoms with Crippen molar-refractivity contribution in [2.75, 3.05) is 13.2 Å². The molecule has 1 heterocycles. The Hall–Kier alpha value is -3.70. The van der Waals surface area contributed by atoms with Crippen molar-refractivity contribution >= 4 is 11.8 Å². The highest BCUT2D eigenvalue weighted by atomic mass is 19.0. The summed E-state index contributed by atoms with van der Waals surface area (Å²) in [5.41, 5.74) is 7.04. The van der Waals surface area contributed by atoms with Gasteiger partial charge in [-0.3, -0.25) is 14.3 Å². The Morgan fingerprint density at radius 1 is 1.11 bits per heavy atom. The van der Waals surface area contributed by atoms with Crippen molar-refractivity contribution in [1.82, 2.24) is 30.8 Å². The standard InChI is InChI=1S/C25H33N7O3.CH4.FH/c1-25(2,26)24(34)28-21(18-35-17-20-11-7-4-8-12-20)23-29-30-31-32(23)16-14-22(33)27-15-13-19-9-5-3-6-10-19;;/h3-12,21H,13-18,26H2,1-2H3,(H,27,33)(H,28,34);1H4;1H/t21-;;/m1../s1/i/hT. The third-order valence-electron chi connectivity index (χ3n) is 5.29. The van der Waals surface area contributed by atoms with Crippen molar-refractivity contribution in [1.29, 1.82) is 1.45 Å². The number of tetrazole rings is 1. The van der Waals surface area contributed by atoms with Crippen molar-refractivity contribution in [3.63, 3.8) is 0 Å². The summed E-state index contributed by atoms with van der Waals surface area (Å²) in [6.07, 6.45) is 0.950. The average Bonchev–Trinajstić information content (AvgIpc) is 3.37. The van der Waals surface area contributed by atoms with Gasteiger partial charge in [-0.05, 0) is 41.8 Å². The smallest absolute Gasteiger partial charge is 0.269 e. The van der Waals surface area contributed by atoms with Gasteiger partial charge in [-0.25, -0.2) is 4.68 Å². The minimum Gasteiger partial charge on any atom is -0.374 e. The quantitative estimate of drug-likeness (QED) is 0.316. The molecule has 0 unspecified atom stereocenters. The van der Waals surface area contributed by atoms with Crippen LogP contribution >= 0.6 is 0 Å². The van der Waals surface area contributed by atoms with E-state index in [1.54, 1.807) is 13.8 Å². The van der Waals surface area contributed by atoms with Crippen molar-refractivity contribution in [3.05, 3.63) is 77.6 Å². The lowest BCUT2D eigenvalue weighted by molar-refractivity contribution is -0.126. The molecule has 3 aromatic rings. The molecule has 37 heavy (non-hydrogen) atoms. The zero-order valence-electron chi connectivity index (χ0n) is 21.6. The number of nitrogens with zero attached hydrogens (tertiary/aromatic N) is 4. The van der Waals surface area contributed by atoms with Crippen molar-refractivity contribution < 1.29 is 19.0 Å². The van der Waals surface area contributed by atoms with Gasteiger partial charge >= 0.3 is 0 Å². The molecule has 0 spiro atoms. The van der Waals surface area contributed by atoms with Gasteiger partial charge in [0.2, 0.25) is 11.8 Å². The molecule has 0 aliphatic rings. The Labute approximate surface area is 218 Å². The van der Waals surface area contributed by atoms with E-state index in [1.165, 1.54) is 4.68 Å². The first-order chi connectivity index (χ1) is 17.8. The van der Waals surface area contributed by atoms with Crippen LogP contribution < -0.4 is 16.4 Å². The third kappa shape index (κ3) is 10.4. The largest absolute Gasteiger partial charge is 0.374 e. The molecule has 202 valence electrons. The molecule has 4 N–H and O–H groups in total. The topological polar surface area (TPSA) is 137 Å². The first kappa shape index (κ1) is 29.5. The highest BCUT2D eigenvalue weighted by Crippen LogP contribution is 2.13. The van der Waals surface area contributed by atoms with Gasteiger partial charge in [0.25, 0.3) is 1.45 Å². The van der Waals surface area contributed by atoms with E-state index in [2.05, 4.69) is 27.6 Å². The first-order valence-corrected chi connectivity index (χ1v) is 11.6. The zero-order valence-corrected chi connectivity index (χ0v) is 20.6. The maximum absolute atomic E-state index is 12.6. The molecule has 1 aromatic heterocycles. The van der Waals surface area contributed by atoms with Crippen LogP contribution in [0.25, 0.3) is 0 Å². The second kappa shape index (κ2) is 15.4. The van der Waals surface area contributed by atoms with E-state index in [0.29, 0.717) is 19.0 Å². The lowest BCUT2D eigenvalue weighted by Gasteiger charge is -2.23. The van der Waals surface area contributed by atoms with Gasteiger partial charge in [-0.2, -0.15) is 0 Å². The fourth-order valence-electron chi connectivity index (χ4n) is 3.30. The monoisotopic (exact) mass is 517 g/mol. The number of hydrogen-bond acceptors (Lipinski definition) is 7. The molecule has 0 fully saturated rings. The molecule has 0 saturated heterocycles. The van der Waals surface area contributed by atoms with Gasteiger partial charge in [0.1, 0.15) is 6.04 Å². The Morgan fingerprint density at radius 2 is 1.73 bits per heavy atom. The number of carbonyl (C=O) groups is 2. The molecular formula is C26H38FN7O3.